The van der Waals surface area contributed by atoms with Gasteiger partial charge in [0, 0.05) is 11.1 Å². The first kappa shape index (κ1) is 24.5. The van der Waals surface area contributed by atoms with Gasteiger partial charge in [0.05, 0.1) is 13.3 Å². The normalized spacial score (nSPS) is 11.6. The first-order valence-electron chi connectivity index (χ1n) is 12.1. The second-order valence-corrected chi connectivity index (χ2v) is 8.58. The van der Waals surface area contributed by atoms with E-state index >= 15 is 0 Å². The number of ether oxygens (including phenoxy) is 1. The Kier molecular flexibility index (Phi) is 7.23. The van der Waals surface area contributed by atoms with Crippen molar-refractivity contribution in [2.75, 3.05) is 7.11 Å². The quantitative estimate of drug-likeness (QED) is 0.126. The van der Waals surface area contributed by atoms with E-state index in [1.54, 1.807) is 67.9 Å². The molecule has 0 bridgehead atoms. The van der Waals surface area contributed by atoms with Crippen LogP contribution in [0.2, 0.25) is 0 Å². The fourth-order valence-corrected chi connectivity index (χ4v) is 4.21. The van der Waals surface area contributed by atoms with Gasteiger partial charge in [0.15, 0.2) is 0 Å². The van der Waals surface area contributed by atoms with Crippen LogP contribution in [0.5, 0.6) is 5.75 Å². The Morgan fingerprint density at radius 1 is 0.763 bits per heavy atom. The number of fused-ring (bicyclic) bond motifs is 2. The molecule has 0 spiro atoms. The lowest BCUT2D eigenvalue weighted by Gasteiger charge is -2.10. The first-order valence-corrected chi connectivity index (χ1v) is 12.1. The Morgan fingerprint density at radius 2 is 1.37 bits per heavy atom. The minimum atomic E-state index is -0.550. The van der Waals surface area contributed by atoms with Crippen molar-refractivity contribution in [1.29, 1.82) is 0 Å². The second-order valence-electron chi connectivity index (χ2n) is 8.58. The van der Waals surface area contributed by atoms with Crippen LogP contribution >= 0.6 is 0 Å². The third-order valence-corrected chi connectivity index (χ3v) is 6.13. The number of methoxy groups -OCH3 is 1. The molecule has 0 aliphatic rings. The lowest BCUT2D eigenvalue weighted by Crippen LogP contribution is -2.32. The highest BCUT2D eigenvalue weighted by atomic mass is 16.5. The highest BCUT2D eigenvalue weighted by Crippen LogP contribution is 2.27. The number of carbonyl (C=O) groups excluding carboxylic acids is 2. The van der Waals surface area contributed by atoms with Crippen molar-refractivity contribution < 1.29 is 14.3 Å². The molecule has 0 fully saturated rings. The average Bonchev–Trinajstić information content (AvgIpc) is 2.97. The maximum atomic E-state index is 13.2. The molecule has 5 aromatic carbocycles. The minimum absolute atomic E-state index is 0.0592. The van der Waals surface area contributed by atoms with Crippen molar-refractivity contribution >= 4 is 45.6 Å². The van der Waals surface area contributed by atoms with E-state index in [2.05, 4.69) is 21.9 Å². The van der Waals surface area contributed by atoms with Crippen LogP contribution in [0, 0.1) is 0 Å². The van der Waals surface area contributed by atoms with Crippen molar-refractivity contribution in [3.05, 3.63) is 132 Å². The predicted molar refractivity (Wildman–Crippen MR) is 152 cm³/mol. The fraction of sp³-hybridized carbons (Fsp3) is 0.0312. The fourth-order valence-electron chi connectivity index (χ4n) is 4.21. The molecule has 6 heteroatoms. The van der Waals surface area contributed by atoms with E-state index in [9.17, 15) is 9.59 Å². The molecule has 0 atom stereocenters. The number of amides is 2. The van der Waals surface area contributed by atoms with Crippen LogP contribution in [0.3, 0.4) is 0 Å². The lowest BCUT2D eigenvalue weighted by molar-refractivity contribution is -0.117. The summed E-state index contributed by atoms with van der Waals surface area (Å²) < 4.78 is 5.21. The van der Waals surface area contributed by atoms with Gasteiger partial charge in [0.2, 0.25) is 0 Å². The van der Waals surface area contributed by atoms with E-state index in [0.29, 0.717) is 16.9 Å². The number of carbonyl (C=O) groups is 2. The van der Waals surface area contributed by atoms with E-state index in [4.69, 9.17) is 4.74 Å². The average molecular weight is 500 g/mol. The van der Waals surface area contributed by atoms with Crippen LogP contribution in [0.15, 0.2) is 120 Å². The summed E-state index contributed by atoms with van der Waals surface area (Å²) >= 11 is 0. The molecule has 6 nitrogen and oxygen atoms in total. The summed E-state index contributed by atoms with van der Waals surface area (Å²) in [5.41, 5.74) is 4.69. The number of hydrogen-bond acceptors (Lipinski definition) is 4. The van der Waals surface area contributed by atoms with E-state index < -0.39 is 11.8 Å². The van der Waals surface area contributed by atoms with Crippen LogP contribution in [0.1, 0.15) is 21.5 Å². The Labute approximate surface area is 220 Å². The van der Waals surface area contributed by atoms with Gasteiger partial charge in [0.1, 0.15) is 11.4 Å². The Bertz CT molecular complexity index is 1620. The molecular formula is C32H25N3O3. The van der Waals surface area contributed by atoms with Gasteiger partial charge >= 0.3 is 0 Å². The van der Waals surface area contributed by atoms with Crippen LogP contribution < -0.4 is 15.5 Å². The summed E-state index contributed by atoms with van der Waals surface area (Å²) in [6.07, 6.45) is 3.24. The number of nitrogens with one attached hydrogen (secondary N) is 2. The zero-order valence-corrected chi connectivity index (χ0v) is 20.7. The number of hydrogen-bond donors (Lipinski definition) is 2. The molecule has 38 heavy (non-hydrogen) atoms. The van der Waals surface area contributed by atoms with Gasteiger partial charge in [-0.3, -0.25) is 9.59 Å². The van der Waals surface area contributed by atoms with Gasteiger partial charge in [-0.05, 0) is 63.5 Å². The van der Waals surface area contributed by atoms with Gasteiger partial charge in [-0.25, -0.2) is 5.43 Å². The third-order valence-electron chi connectivity index (χ3n) is 6.13. The van der Waals surface area contributed by atoms with E-state index in [-0.39, 0.29) is 5.70 Å². The summed E-state index contributed by atoms with van der Waals surface area (Å²) in [5, 5.41) is 11.2. The SMILES string of the molecule is COc1ccc(/C=C(\NC(=O)c2ccccc2)C(=O)NN=Cc2c3ccccc3cc3ccccc23)cc1. The second kappa shape index (κ2) is 11.2. The summed E-state index contributed by atoms with van der Waals surface area (Å²) in [7, 11) is 1.58. The molecule has 2 amide bonds. The zero-order valence-electron chi connectivity index (χ0n) is 20.7. The summed E-state index contributed by atoms with van der Waals surface area (Å²) in [6, 6.07) is 34.1. The summed E-state index contributed by atoms with van der Waals surface area (Å²) in [5.74, 6) is -0.260. The van der Waals surface area contributed by atoms with Crippen molar-refractivity contribution in [2.24, 2.45) is 5.10 Å². The summed E-state index contributed by atoms with van der Waals surface area (Å²) in [4.78, 5) is 26.1. The Balaban J connectivity index is 1.45. The number of nitrogens with zero attached hydrogens (tertiary/aromatic N) is 1. The Hall–Kier alpha value is -5.23. The number of hydrazone groups is 1. The van der Waals surface area contributed by atoms with Gasteiger partial charge in [-0.2, -0.15) is 5.10 Å². The molecule has 0 aromatic heterocycles. The molecule has 5 rings (SSSR count). The van der Waals surface area contributed by atoms with Crippen molar-refractivity contribution in [3.63, 3.8) is 0 Å². The van der Waals surface area contributed by atoms with Crippen LogP contribution in [-0.4, -0.2) is 25.1 Å². The van der Waals surface area contributed by atoms with E-state index in [1.165, 1.54) is 0 Å². The number of benzene rings is 5. The highest BCUT2D eigenvalue weighted by Gasteiger charge is 2.14. The summed E-state index contributed by atoms with van der Waals surface area (Å²) in [6.45, 7) is 0. The van der Waals surface area contributed by atoms with Gasteiger partial charge in [0.25, 0.3) is 11.8 Å². The van der Waals surface area contributed by atoms with Gasteiger partial charge in [-0.15, -0.1) is 0 Å². The third kappa shape index (κ3) is 5.44. The van der Waals surface area contributed by atoms with Crippen LogP contribution in [0.4, 0.5) is 0 Å². The van der Waals surface area contributed by atoms with Crippen molar-refractivity contribution in [2.45, 2.75) is 0 Å². The first-order chi connectivity index (χ1) is 18.6. The molecule has 0 saturated carbocycles. The van der Waals surface area contributed by atoms with Crippen LogP contribution in [-0.2, 0) is 4.79 Å². The number of rotatable bonds is 7. The largest absolute Gasteiger partial charge is 0.497 e. The van der Waals surface area contributed by atoms with Crippen molar-refractivity contribution in [3.8, 4) is 5.75 Å². The van der Waals surface area contributed by atoms with Crippen molar-refractivity contribution in [1.82, 2.24) is 10.7 Å². The standard InChI is InChI=1S/C32H25N3O3/c1-38-26-17-15-22(16-18-26)19-30(34-31(36)23-9-3-2-4-10-23)32(37)35-33-21-29-27-13-7-5-11-24(27)20-25-12-6-8-14-28(25)29/h2-21H,1H3,(H,34,36)(H,35,37)/b30-19-,33-21?. The molecule has 0 radical (unpaired) electrons. The highest BCUT2D eigenvalue weighted by molar-refractivity contribution is 6.13. The topological polar surface area (TPSA) is 79.8 Å². The molecule has 2 N–H and O–H groups in total. The molecule has 186 valence electrons. The molecule has 0 saturated heterocycles. The molecule has 0 unspecified atom stereocenters. The maximum Gasteiger partial charge on any atom is 0.287 e. The van der Waals surface area contributed by atoms with Gasteiger partial charge < -0.3 is 10.1 Å². The molecule has 5 aromatic rings. The lowest BCUT2D eigenvalue weighted by atomic mass is 9.97. The van der Waals surface area contributed by atoms with E-state index in [0.717, 1.165) is 27.1 Å². The predicted octanol–water partition coefficient (Wildman–Crippen LogP) is 5.92. The monoisotopic (exact) mass is 499 g/mol. The molecule has 0 aliphatic carbocycles. The zero-order chi connectivity index (χ0) is 26.3. The molecule has 0 aliphatic heterocycles. The maximum absolute atomic E-state index is 13.2. The molecular weight excluding hydrogens is 474 g/mol. The Morgan fingerprint density at radius 3 is 2.00 bits per heavy atom. The van der Waals surface area contributed by atoms with E-state index in [1.807, 2.05) is 54.6 Å². The van der Waals surface area contributed by atoms with Gasteiger partial charge in [-0.1, -0.05) is 78.9 Å². The minimum Gasteiger partial charge on any atom is -0.497 e. The van der Waals surface area contributed by atoms with Crippen LogP contribution in [0.25, 0.3) is 27.6 Å². The molecule has 0 heterocycles. The smallest absolute Gasteiger partial charge is 0.287 e.